The van der Waals surface area contributed by atoms with Crippen LogP contribution in [-0.4, -0.2) is 48.7 Å². The quantitative estimate of drug-likeness (QED) is 0.137. The van der Waals surface area contributed by atoms with E-state index in [0.717, 1.165) is 4.70 Å². The van der Waals surface area contributed by atoms with Gasteiger partial charge in [-0.3, -0.25) is 14.5 Å². The van der Waals surface area contributed by atoms with E-state index in [1.165, 1.54) is 23.3 Å². The summed E-state index contributed by atoms with van der Waals surface area (Å²) in [5, 5.41) is 11.8. The van der Waals surface area contributed by atoms with E-state index in [-0.39, 0.29) is 11.3 Å². The Hall–Kier alpha value is -4.57. The van der Waals surface area contributed by atoms with Gasteiger partial charge in [0.25, 0.3) is 5.78 Å². The van der Waals surface area contributed by atoms with Gasteiger partial charge in [-0.25, -0.2) is 4.98 Å². The van der Waals surface area contributed by atoms with Gasteiger partial charge >= 0.3 is 5.91 Å². The Morgan fingerprint density at radius 2 is 1.56 bits per heavy atom. The van der Waals surface area contributed by atoms with E-state index in [2.05, 4.69) is 4.98 Å². The van der Waals surface area contributed by atoms with Crippen molar-refractivity contribution in [2.45, 2.75) is 26.8 Å². The predicted octanol–water partition coefficient (Wildman–Crippen LogP) is 6.13. The second-order valence-electron chi connectivity index (χ2n) is 9.03. The van der Waals surface area contributed by atoms with Gasteiger partial charge in [-0.1, -0.05) is 17.4 Å². The van der Waals surface area contributed by atoms with Crippen LogP contribution in [-0.2, 0) is 9.59 Å². The molecule has 212 valence electrons. The second kappa shape index (κ2) is 11.9. The number of hydrogen-bond donors (Lipinski definition) is 1. The number of nitrogens with zero attached hydrogens (tertiary/aromatic N) is 2. The second-order valence-corrected chi connectivity index (χ2v) is 10.0. The van der Waals surface area contributed by atoms with Crippen molar-refractivity contribution in [1.82, 2.24) is 4.98 Å². The highest BCUT2D eigenvalue weighted by atomic mass is 32.1. The lowest BCUT2D eigenvalue weighted by atomic mass is 9.95. The average Bonchev–Trinajstić information content (AvgIpc) is 3.51. The zero-order valence-corrected chi connectivity index (χ0v) is 24.0. The fraction of sp³-hybridized carbons (Fsp3) is 0.258. The van der Waals surface area contributed by atoms with Crippen LogP contribution >= 0.6 is 11.3 Å². The molecule has 0 saturated carbocycles. The highest BCUT2D eigenvalue weighted by Crippen LogP contribution is 2.46. The first-order valence-corrected chi connectivity index (χ1v) is 14.1. The zero-order chi connectivity index (χ0) is 29.1. The standard InChI is InChI=1S/C31H30N2O7S/c1-5-38-20-11-8-18(9-12-20)28(34)26-27(19-10-15-23(40-7-3)24(16-19)37-4)33(30(36)29(26)35)31-32-22-14-13-21(39-6-2)17-25(22)41-31/h8-17,27,34H,5-7H2,1-4H3/b28-26+. The third-order valence-corrected chi connectivity index (χ3v) is 7.57. The molecule has 1 amide bonds. The van der Waals surface area contributed by atoms with Crippen LogP contribution in [0, 0.1) is 0 Å². The van der Waals surface area contributed by atoms with E-state index >= 15 is 0 Å². The van der Waals surface area contributed by atoms with Crippen molar-refractivity contribution >= 4 is 44.1 Å². The molecule has 4 aromatic rings. The molecule has 1 aliphatic rings. The smallest absolute Gasteiger partial charge is 0.301 e. The molecular formula is C31H30N2O7S. The van der Waals surface area contributed by atoms with Crippen LogP contribution in [0.5, 0.6) is 23.0 Å². The lowest BCUT2D eigenvalue weighted by Gasteiger charge is -2.24. The van der Waals surface area contributed by atoms with Crippen LogP contribution < -0.4 is 23.8 Å². The SMILES string of the molecule is CCOc1ccc(/C(O)=C2\C(=O)C(=O)N(c3nc4ccc(OCC)cc4s3)C2c2ccc(OCC)c(OC)c2)cc1. The summed E-state index contributed by atoms with van der Waals surface area (Å²) in [7, 11) is 1.52. The maximum absolute atomic E-state index is 13.6. The first-order valence-electron chi connectivity index (χ1n) is 13.3. The number of ether oxygens (including phenoxy) is 4. The Kier molecular flexibility index (Phi) is 8.11. The zero-order valence-electron chi connectivity index (χ0n) is 23.2. The summed E-state index contributed by atoms with van der Waals surface area (Å²) < 4.78 is 23.2. The molecule has 1 aliphatic heterocycles. The van der Waals surface area contributed by atoms with Gasteiger partial charge in [0, 0.05) is 5.56 Å². The van der Waals surface area contributed by atoms with Crippen LogP contribution in [0.25, 0.3) is 16.0 Å². The average molecular weight is 575 g/mol. The number of aliphatic hydroxyl groups is 1. The topological polar surface area (TPSA) is 107 Å². The number of aliphatic hydroxyl groups excluding tert-OH is 1. The molecule has 9 nitrogen and oxygen atoms in total. The summed E-state index contributed by atoms with van der Waals surface area (Å²) in [5.74, 6) is 0.348. The summed E-state index contributed by atoms with van der Waals surface area (Å²) in [4.78, 5) is 33.3. The van der Waals surface area contributed by atoms with Crippen LogP contribution in [0.2, 0.25) is 0 Å². The Morgan fingerprint density at radius 1 is 0.878 bits per heavy atom. The molecule has 1 atom stereocenters. The van der Waals surface area contributed by atoms with E-state index < -0.39 is 17.7 Å². The fourth-order valence-corrected chi connectivity index (χ4v) is 5.78. The lowest BCUT2D eigenvalue weighted by Crippen LogP contribution is -2.29. The van der Waals surface area contributed by atoms with E-state index in [0.29, 0.717) is 64.6 Å². The molecule has 1 saturated heterocycles. The number of Topliss-reactive ketones (excluding diaryl/α,β-unsaturated/α-hetero) is 1. The van der Waals surface area contributed by atoms with Crippen molar-refractivity contribution in [2.24, 2.45) is 0 Å². The van der Waals surface area contributed by atoms with Gasteiger partial charge in [0.05, 0.1) is 48.8 Å². The minimum absolute atomic E-state index is 0.0559. The molecule has 0 bridgehead atoms. The van der Waals surface area contributed by atoms with Gasteiger partial charge in [0.15, 0.2) is 16.6 Å². The number of benzene rings is 3. The maximum Gasteiger partial charge on any atom is 0.301 e. The highest BCUT2D eigenvalue weighted by Gasteiger charge is 2.48. The number of thiazole rings is 1. The molecule has 41 heavy (non-hydrogen) atoms. The number of anilines is 1. The van der Waals surface area contributed by atoms with Gasteiger partial charge in [0.1, 0.15) is 17.3 Å². The molecule has 1 fully saturated rings. The van der Waals surface area contributed by atoms with Crippen molar-refractivity contribution in [3.05, 3.63) is 77.4 Å². The minimum atomic E-state index is -0.974. The van der Waals surface area contributed by atoms with Crippen LogP contribution in [0.15, 0.2) is 66.2 Å². The van der Waals surface area contributed by atoms with Crippen molar-refractivity contribution in [3.8, 4) is 23.0 Å². The van der Waals surface area contributed by atoms with E-state index in [9.17, 15) is 14.7 Å². The van der Waals surface area contributed by atoms with E-state index in [1.54, 1.807) is 42.5 Å². The van der Waals surface area contributed by atoms with Gasteiger partial charge < -0.3 is 24.1 Å². The third kappa shape index (κ3) is 5.30. The Morgan fingerprint density at radius 3 is 2.24 bits per heavy atom. The first-order chi connectivity index (χ1) is 19.9. The van der Waals surface area contributed by atoms with Crippen molar-refractivity contribution in [1.29, 1.82) is 0 Å². The molecule has 1 N–H and O–H groups in total. The van der Waals surface area contributed by atoms with Gasteiger partial charge in [-0.15, -0.1) is 0 Å². The highest BCUT2D eigenvalue weighted by molar-refractivity contribution is 7.22. The lowest BCUT2D eigenvalue weighted by molar-refractivity contribution is -0.132. The number of rotatable bonds is 10. The predicted molar refractivity (Wildman–Crippen MR) is 157 cm³/mol. The van der Waals surface area contributed by atoms with Crippen LogP contribution in [0.3, 0.4) is 0 Å². The molecule has 0 radical (unpaired) electrons. The first kappa shape index (κ1) is 28.0. The third-order valence-electron chi connectivity index (χ3n) is 6.55. The Labute approximate surface area is 241 Å². The van der Waals surface area contributed by atoms with Crippen LogP contribution in [0.4, 0.5) is 5.13 Å². The van der Waals surface area contributed by atoms with Gasteiger partial charge in [0.2, 0.25) is 0 Å². The molecule has 3 aromatic carbocycles. The van der Waals surface area contributed by atoms with Gasteiger partial charge in [-0.2, -0.15) is 0 Å². The molecule has 10 heteroatoms. The number of aromatic nitrogens is 1. The van der Waals surface area contributed by atoms with Gasteiger partial charge in [-0.05, 0) is 80.9 Å². The van der Waals surface area contributed by atoms with Crippen LogP contribution in [0.1, 0.15) is 37.9 Å². The summed E-state index contributed by atoms with van der Waals surface area (Å²) >= 11 is 1.26. The molecule has 1 unspecified atom stereocenters. The van der Waals surface area contributed by atoms with Crippen molar-refractivity contribution in [3.63, 3.8) is 0 Å². The monoisotopic (exact) mass is 574 g/mol. The maximum atomic E-state index is 13.6. The summed E-state index contributed by atoms with van der Waals surface area (Å²) in [6, 6.07) is 16.4. The molecule has 2 heterocycles. The number of hydrogen-bond acceptors (Lipinski definition) is 9. The summed E-state index contributed by atoms with van der Waals surface area (Å²) in [6.07, 6.45) is 0. The number of fused-ring (bicyclic) bond motifs is 1. The summed E-state index contributed by atoms with van der Waals surface area (Å²) in [6.45, 7) is 7.07. The minimum Gasteiger partial charge on any atom is -0.507 e. The molecular weight excluding hydrogens is 544 g/mol. The van der Waals surface area contributed by atoms with Crippen molar-refractivity contribution in [2.75, 3.05) is 31.8 Å². The van der Waals surface area contributed by atoms with Crippen molar-refractivity contribution < 1.29 is 33.6 Å². The summed E-state index contributed by atoms with van der Waals surface area (Å²) in [5.41, 5.74) is 1.52. The largest absolute Gasteiger partial charge is 0.507 e. The Balaban J connectivity index is 1.68. The molecule has 0 spiro atoms. The number of methoxy groups -OCH3 is 1. The van der Waals surface area contributed by atoms with E-state index in [4.69, 9.17) is 18.9 Å². The Bertz CT molecular complexity index is 1630. The number of carbonyl (C=O) groups excluding carboxylic acids is 2. The number of amides is 1. The number of ketones is 1. The molecule has 0 aliphatic carbocycles. The fourth-order valence-electron chi connectivity index (χ4n) is 4.76. The van der Waals surface area contributed by atoms with E-state index in [1.807, 2.05) is 39.0 Å². The molecule has 5 rings (SSSR count). The molecule has 1 aromatic heterocycles. The normalized spacial score (nSPS) is 16.3. The number of carbonyl (C=O) groups is 2.